The maximum atomic E-state index is 13.2. The number of hydrogen-bond acceptors (Lipinski definition) is 7. The summed E-state index contributed by atoms with van der Waals surface area (Å²) in [6.45, 7) is -0.415. The number of ether oxygens (including phenoxy) is 3. The number of benzene rings is 2. The van der Waals surface area contributed by atoms with Crippen LogP contribution in [-0.4, -0.2) is 40.3 Å². The van der Waals surface area contributed by atoms with Crippen molar-refractivity contribution in [3.8, 4) is 0 Å². The van der Waals surface area contributed by atoms with Crippen LogP contribution in [0, 0.1) is 0 Å². The topological polar surface area (TPSA) is 117 Å². The maximum Gasteiger partial charge on any atom is 0.423 e. The molecule has 0 amide bonds. The SMILES string of the molecule is O=C(OC[C@H]1O[C@H](n2cc(C(F)(F)F)c(=O)[nH]c2=O)CC1OC(=O)c1ccccc1)c1ccccc1. The predicted molar refractivity (Wildman–Crippen MR) is 117 cm³/mol. The molecule has 3 atom stereocenters. The molecule has 4 rings (SSSR count). The summed E-state index contributed by atoms with van der Waals surface area (Å²) >= 11 is 0. The molecule has 0 aliphatic carbocycles. The molecule has 3 aromatic rings. The van der Waals surface area contributed by atoms with Crippen LogP contribution in [0.15, 0.2) is 76.4 Å². The molecule has 1 aromatic heterocycles. The van der Waals surface area contributed by atoms with Crippen molar-refractivity contribution in [3.05, 3.63) is 104 Å². The molecule has 1 saturated heterocycles. The van der Waals surface area contributed by atoms with E-state index in [2.05, 4.69) is 0 Å². The number of hydrogen-bond donors (Lipinski definition) is 1. The number of carbonyl (C=O) groups excluding carboxylic acids is 2. The van der Waals surface area contributed by atoms with E-state index in [0.717, 1.165) is 0 Å². The first-order valence-electron chi connectivity index (χ1n) is 10.7. The lowest BCUT2D eigenvalue weighted by Crippen LogP contribution is -2.36. The Morgan fingerprint density at radius 3 is 2.14 bits per heavy atom. The lowest BCUT2D eigenvalue weighted by molar-refractivity contribution is -0.139. The lowest BCUT2D eigenvalue weighted by Gasteiger charge is -2.19. The maximum absolute atomic E-state index is 13.2. The summed E-state index contributed by atoms with van der Waals surface area (Å²) in [4.78, 5) is 50.5. The van der Waals surface area contributed by atoms with E-state index < -0.39 is 60.0 Å². The Labute approximate surface area is 201 Å². The van der Waals surface area contributed by atoms with Gasteiger partial charge in [-0.3, -0.25) is 14.3 Å². The molecule has 1 aliphatic heterocycles. The molecule has 1 aliphatic rings. The first-order valence-corrected chi connectivity index (χ1v) is 10.7. The minimum absolute atomic E-state index is 0.210. The number of esters is 2. The van der Waals surface area contributed by atoms with Crippen molar-refractivity contribution in [1.82, 2.24) is 9.55 Å². The van der Waals surface area contributed by atoms with E-state index in [1.54, 1.807) is 41.4 Å². The lowest BCUT2D eigenvalue weighted by atomic mass is 10.1. The zero-order chi connectivity index (χ0) is 25.9. The van der Waals surface area contributed by atoms with Crippen molar-refractivity contribution in [2.24, 2.45) is 0 Å². The second-order valence-electron chi connectivity index (χ2n) is 7.85. The van der Waals surface area contributed by atoms with Crippen LogP contribution >= 0.6 is 0 Å². The quantitative estimate of drug-likeness (QED) is 0.513. The van der Waals surface area contributed by atoms with Gasteiger partial charge in [-0.25, -0.2) is 14.4 Å². The van der Waals surface area contributed by atoms with Gasteiger partial charge in [0, 0.05) is 12.6 Å². The fourth-order valence-electron chi connectivity index (χ4n) is 3.64. The highest BCUT2D eigenvalue weighted by molar-refractivity contribution is 5.90. The zero-order valence-electron chi connectivity index (χ0n) is 18.4. The van der Waals surface area contributed by atoms with E-state index in [-0.39, 0.29) is 17.5 Å². The Morgan fingerprint density at radius 1 is 0.972 bits per heavy atom. The number of nitrogens with zero attached hydrogens (tertiary/aromatic N) is 1. The minimum atomic E-state index is -5.02. The average Bonchev–Trinajstić information content (AvgIpc) is 3.24. The van der Waals surface area contributed by atoms with Crippen molar-refractivity contribution < 1.29 is 37.0 Å². The smallest absolute Gasteiger partial charge is 0.423 e. The molecular formula is C24H19F3N2O7. The highest BCUT2D eigenvalue weighted by Crippen LogP contribution is 2.32. The van der Waals surface area contributed by atoms with Gasteiger partial charge in [-0.2, -0.15) is 13.2 Å². The van der Waals surface area contributed by atoms with Crippen LogP contribution in [0.1, 0.15) is 38.9 Å². The number of rotatable bonds is 6. The van der Waals surface area contributed by atoms with Gasteiger partial charge in [-0.15, -0.1) is 0 Å². The number of H-pyrrole nitrogens is 1. The minimum Gasteiger partial charge on any atom is -0.459 e. The van der Waals surface area contributed by atoms with Crippen molar-refractivity contribution in [3.63, 3.8) is 0 Å². The van der Waals surface area contributed by atoms with Gasteiger partial charge >= 0.3 is 23.8 Å². The average molecular weight is 504 g/mol. The van der Waals surface area contributed by atoms with E-state index in [9.17, 15) is 32.3 Å². The Morgan fingerprint density at radius 2 is 1.56 bits per heavy atom. The molecule has 1 N–H and O–H groups in total. The van der Waals surface area contributed by atoms with Crippen LogP contribution in [0.4, 0.5) is 13.2 Å². The van der Waals surface area contributed by atoms with E-state index in [0.29, 0.717) is 10.8 Å². The Balaban J connectivity index is 1.58. The monoisotopic (exact) mass is 504 g/mol. The van der Waals surface area contributed by atoms with Gasteiger partial charge in [0.15, 0.2) is 0 Å². The fraction of sp³-hybridized carbons (Fsp3) is 0.250. The summed E-state index contributed by atoms with van der Waals surface area (Å²) in [7, 11) is 0. The van der Waals surface area contributed by atoms with E-state index in [1.807, 2.05) is 0 Å². The highest BCUT2D eigenvalue weighted by atomic mass is 19.4. The van der Waals surface area contributed by atoms with Crippen LogP contribution in [0.5, 0.6) is 0 Å². The van der Waals surface area contributed by atoms with Crippen LogP contribution in [0.25, 0.3) is 0 Å². The van der Waals surface area contributed by atoms with Gasteiger partial charge in [0.2, 0.25) is 0 Å². The zero-order valence-corrected chi connectivity index (χ0v) is 18.4. The third-order valence-electron chi connectivity index (χ3n) is 5.42. The second kappa shape index (κ2) is 10.2. The molecule has 0 spiro atoms. The largest absolute Gasteiger partial charge is 0.459 e. The van der Waals surface area contributed by atoms with Crippen LogP contribution < -0.4 is 11.2 Å². The van der Waals surface area contributed by atoms with Crippen molar-refractivity contribution >= 4 is 11.9 Å². The van der Waals surface area contributed by atoms with Gasteiger partial charge in [0.05, 0.1) is 11.1 Å². The first kappa shape index (κ1) is 24.9. The number of carbonyl (C=O) groups is 2. The van der Waals surface area contributed by atoms with Gasteiger partial charge in [-0.05, 0) is 24.3 Å². The third kappa shape index (κ3) is 5.54. The molecule has 12 heteroatoms. The fourth-order valence-corrected chi connectivity index (χ4v) is 3.64. The van der Waals surface area contributed by atoms with Crippen LogP contribution in [-0.2, 0) is 20.4 Å². The molecule has 1 fully saturated rings. The normalized spacial score (nSPS) is 19.6. The number of aromatic amines is 1. The van der Waals surface area contributed by atoms with E-state index in [1.165, 1.54) is 24.3 Å². The molecule has 36 heavy (non-hydrogen) atoms. The molecule has 1 unspecified atom stereocenters. The summed E-state index contributed by atoms with van der Waals surface area (Å²) in [5.41, 5.74) is -3.88. The number of alkyl halides is 3. The van der Waals surface area contributed by atoms with Gasteiger partial charge in [-0.1, -0.05) is 36.4 Å². The molecular weight excluding hydrogens is 485 g/mol. The number of aromatic nitrogens is 2. The summed E-state index contributed by atoms with van der Waals surface area (Å²) in [5, 5.41) is 0. The first-order chi connectivity index (χ1) is 17.1. The van der Waals surface area contributed by atoms with Crippen molar-refractivity contribution in [2.75, 3.05) is 6.61 Å². The summed E-state index contributed by atoms with van der Waals surface area (Å²) < 4.78 is 56.7. The van der Waals surface area contributed by atoms with E-state index in [4.69, 9.17) is 14.2 Å². The van der Waals surface area contributed by atoms with Crippen molar-refractivity contribution in [1.29, 1.82) is 0 Å². The summed E-state index contributed by atoms with van der Waals surface area (Å²) in [6, 6.07) is 15.9. The Bertz CT molecular complexity index is 1350. The molecule has 0 bridgehead atoms. The Kier molecular flexibility index (Phi) is 7.06. The highest BCUT2D eigenvalue weighted by Gasteiger charge is 2.42. The second-order valence-corrected chi connectivity index (χ2v) is 7.85. The van der Waals surface area contributed by atoms with Crippen molar-refractivity contribution in [2.45, 2.75) is 31.0 Å². The predicted octanol–water partition coefficient (Wildman–Crippen LogP) is 2.93. The Hall–Kier alpha value is -4.19. The van der Waals surface area contributed by atoms with Gasteiger partial charge < -0.3 is 14.2 Å². The van der Waals surface area contributed by atoms with E-state index >= 15 is 0 Å². The summed E-state index contributed by atoms with van der Waals surface area (Å²) in [5.74, 6) is -1.44. The number of halogens is 3. The van der Waals surface area contributed by atoms with Crippen LogP contribution in [0.3, 0.4) is 0 Å². The standard InChI is InChI=1S/C24H19F3N2O7/c25-24(26,27)16-12-29(23(33)28-20(16)30)19-11-17(36-22(32)15-9-5-2-6-10-15)18(35-19)13-34-21(31)14-7-3-1-4-8-14/h1-10,12,17-19H,11,13H2,(H,28,30,33)/t17?,18-,19+/m1/s1. The van der Waals surface area contributed by atoms with Gasteiger partial charge in [0.1, 0.15) is 30.6 Å². The molecule has 2 heterocycles. The molecule has 0 radical (unpaired) electrons. The molecule has 2 aromatic carbocycles. The van der Waals surface area contributed by atoms with Crippen LogP contribution in [0.2, 0.25) is 0 Å². The summed E-state index contributed by atoms with van der Waals surface area (Å²) in [6.07, 6.45) is -8.45. The molecule has 0 saturated carbocycles. The molecule has 9 nitrogen and oxygen atoms in total. The van der Waals surface area contributed by atoms with Gasteiger partial charge in [0.25, 0.3) is 5.56 Å². The molecule has 188 valence electrons. The number of nitrogens with one attached hydrogen (secondary N) is 1. The third-order valence-corrected chi connectivity index (χ3v) is 5.42.